The van der Waals surface area contributed by atoms with Gasteiger partial charge in [0.2, 0.25) is 5.95 Å². The zero-order chi connectivity index (χ0) is 22.0. The number of nitrogens with zero attached hydrogens (tertiary/aromatic N) is 3. The maximum absolute atomic E-state index is 12.6. The molecule has 1 amide bonds. The molecule has 2 aromatic heterocycles. The molecule has 0 aliphatic heterocycles. The minimum Gasteiger partial charge on any atom is -0.443 e. The van der Waals surface area contributed by atoms with Crippen LogP contribution in [0.3, 0.4) is 0 Å². The molecule has 0 spiro atoms. The maximum atomic E-state index is 12.6. The highest BCUT2D eigenvalue weighted by atomic mass is 16.6. The summed E-state index contributed by atoms with van der Waals surface area (Å²) >= 11 is 0. The lowest BCUT2D eigenvalue weighted by Gasteiger charge is -2.24. The lowest BCUT2D eigenvalue weighted by Crippen LogP contribution is -2.33. The molecule has 1 fully saturated rings. The highest BCUT2D eigenvalue weighted by molar-refractivity contribution is 5.75. The lowest BCUT2D eigenvalue weighted by atomic mass is 9.98. The van der Waals surface area contributed by atoms with Crippen LogP contribution in [-0.4, -0.2) is 26.2 Å². The molecular formula is C23H27N5O3. The Morgan fingerprint density at radius 2 is 1.90 bits per heavy atom. The standard InChI is InChI=1S/C23H27N5O3/c1-23(2,31-21(24)30)13-15-7-10-17(11-8-15)26-22-25-14-16-9-12-19(29)28(20(16)27-22)18-5-3-4-6-18/h7-12,14,18H,3-6,13H2,1-2H3,(H2,24,30)(H,25,26,27). The summed E-state index contributed by atoms with van der Waals surface area (Å²) in [7, 11) is 0. The normalized spacial score (nSPS) is 14.6. The van der Waals surface area contributed by atoms with Crippen molar-refractivity contribution < 1.29 is 9.53 Å². The minimum absolute atomic E-state index is 0.0193. The molecule has 2 heterocycles. The van der Waals surface area contributed by atoms with Gasteiger partial charge in [-0.25, -0.2) is 9.78 Å². The van der Waals surface area contributed by atoms with E-state index in [0.29, 0.717) is 18.0 Å². The number of aromatic nitrogens is 3. The third-order valence-corrected chi connectivity index (χ3v) is 5.57. The molecule has 8 nitrogen and oxygen atoms in total. The SMILES string of the molecule is CC(C)(Cc1ccc(Nc2ncc3ccc(=O)n(C4CCCC4)c3n2)cc1)OC(N)=O. The van der Waals surface area contributed by atoms with Crippen LogP contribution in [0.1, 0.15) is 51.1 Å². The van der Waals surface area contributed by atoms with Crippen molar-refractivity contribution in [2.45, 2.75) is 57.6 Å². The Labute approximate surface area is 180 Å². The van der Waals surface area contributed by atoms with E-state index in [9.17, 15) is 9.59 Å². The molecular weight excluding hydrogens is 394 g/mol. The fourth-order valence-corrected chi connectivity index (χ4v) is 4.25. The van der Waals surface area contributed by atoms with Crippen molar-refractivity contribution in [2.24, 2.45) is 5.73 Å². The number of ether oxygens (including phenoxy) is 1. The molecule has 8 heteroatoms. The van der Waals surface area contributed by atoms with Gasteiger partial charge in [-0.15, -0.1) is 0 Å². The fraction of sp³-hybridized carbons (Fsp3) is 0.391. The largest absolute Gasteiger partial charge is 0.443 e. The van der Waals surface area contributed by atoms with Crippen LogP contribution in [0.25, 0.3) is 11.0 Å². The van der Waals surface area contributed by atoms with E-state index in [1.54, 1.807) is 18.3 Å². The fourth-order valence-electron chi connectivity index (χ4n) is 4.25. The quantitative estimate of drug-likeness (QED) is 0.620. The van der Waals surface area contributed by atoms with Crippen molar-refractivity contribution in [2.75, 3.05) is 5.32 Å². The Kier molecular flexibility index (Phi) is 5.63. The van der Waals surface area contributed by atoms with Crippen molar-refractivity contribution in [1.29, 1.82) is 0 Å². The molecule has 0 saturated heterocycles. The van der Waals surface area contributed by atoms with Gasteiger partial charge >= 0.3 is 6.09 Å². The molecule has 31 heavy (non-hydrogen) atoms. The summed E-state index contributed by atoms with van der Waals surface area (Å²) in [6.45, 7) is 3.63. The first-order chi connectivity index (χ1) is 14.8. The highest BCUT2D eigenvalue weighted by Crippen LogP contribution is 2.30. The maximum Gasteiger partial charge on any atom is 0.405 e. The second-order valence-electron chi connectivity index (χ2n) is 8.63. The summed E-state index contributed by atoms with van der Waals surface area (Å²) in [5.41, 5.74) is 6.92. The zero-order valence-corrected chi connectivity index (χ0v) is 17.8. The number of rotatable bonds is 6. The number of hydrogen-bond donors (Lipinski definition) is 2. The van der Waals surface area contributed by atoms with Gasteiger partial charge in [-0.3, -0.25) is 9.36 Å². The van der Waals surface area contributed by atoms with Crippen molar-refractivity contribution in [3.63, 3.8) is 0 Å². The van der Waals surface area contributed by atoms with Crippen molar-refractivity contribution >= 4 is 28.8 Å². The number of fused-ring (bicyclic) bond motifs is 1. The number of hydrogen-bond acceptors (Lipinski definition) is 6. The van der Waals surface area contributed by atoms with E-state index in [0.717, 1.165) is 42.3 Å². The number of pyridine rings is 1. The van der Waals surface area contributed by atoms with E-state index in [1.165, 1.54) is 0 Å². The number of nitrogens with one attached hydrogen (secondary N) is 1. The average Bonchev–Trinajstić information content (AvgIpc) is 3.22. The van der Waals surface area contributed by atoms with Gasteiger partial charge in [0.1, 0.15) is 11.2 Å². The Bertz CT molecular complexity index is 1150. The molecule has 0 bridgehead atoms. The van der Waals surface area contributed by atoms with Crippen LogP contribution in [0.5, 0.6) is 0 Å². The van der Waals surface area contributed by atoms with Crippen molar-refractivity contribution in [3.05, 3.63) is 58.5 Å². The van der Waals surface area contributed by atoms with Crippen LogP contribution in [0.2, 0.25) is 0 Å². The van der Waals surface area contributed by atoms with Gasteiger partial charge in [-0.05, 0) is 50.5 Å². The van der Waals surface area contributed by atoms with Gasteiger partial charge < -0.3 is 15.8 Å². The molecule has 1 aromatic carbocycles. The van der Waals surface area contributed by atoms with E-state index in [2.05, 4.69) is 15.3 Å². The van der Waals surface area contributed by atoms with Crippen LogP contribution in [0, 0.1) is 0 Å². The highest BCUT2D eigenvalue weighted by Gasteiger charge is 2.22. The number of carbonyl (C=O) groups excluding carboxylic acids is 1. The molecule has 3 aromatic rings. The summed E-state index contributed by atoms with van der Waals surface area (Å²) in [5, 5.41) is 4.06. The predicted octanol–water partition coefficient (Wildman–Crippen LogP) is 4.07. The molecule has 4 rings (SSSR count). The Morgan fingerprint density at radius 3 is 2.58 bits per heavy atom. The Morgan fingerprint density at radius 1 is 1.19 bits per heavy atom. The van der Waals surface area contributed by atoms with Crippen LogP contribution < -0.4 is 16.6 Å². The molecule has 0 atom stereocenters. The molecule has 3 N–H and O–H groups in total. The number of amides is 1. The predicted molar refractivity (Wildman–Crippen MR) is 119 cm³/mol. The summed E-state index contributed by atoms with van der Waals surface area (Å²) in [6, 6.07) is 11.3. The van der Waals surface area contributed by atoms with E-state index in [4.69, 9.17) is 10.5 Å². The molecule has 1 aliphatic carbocycles. The number of nitrogens with two attached hydrogens (primary N) is 1. The number of anilines is 2. The summed E-state index contributed by atoms with van der Waals surface area (Å²) in [6.07, 6.45) is 5.78. The van der Waals surface area contributed by atoms with Gasteiger partial charge in [-0.2, -0.15) is 4.98 Å². The number of benzene rings is 1. The van der Waals surface area contributed by atoms with Gasteiger partial charge in [0, 0.05) is 35.8 Å². The summed E-state index contributed by atoms with van der Waals surface area (Å²) < 4.78 is 6.97. The van der Waals surface area contributed by atoms with E-state index < -0.39 is 11.7 Å². The van der Waals surface area contributed by atoms with Crippen LogP contribution in [0.15, 0.2) is 47.4 Å². The van der Waals surface area contributed by atoms with Crippen LogP contribution in [-0.2, 0) is 11.2 Å². The Hall–Kier alpha value is -3.42. The van der Waals surface area contributed by atoms with Crippen molar-refractivity contribution in [1.82, 2.24) is 14.5 Å². The summed E-state index contributed by atoms with van der Waals surface area (Å²) in [5.74, 6) is 0.440. The van der Waals surface area contributed by atoms with Gasteiger partial charge in [0.25, 0.3) is 5.56 Å². The molecule has 0 unspecified atom stereocenters. The topological polar surface area (TPSA) is 112 Å². The second-order valence-corrected chi connectivity index (χ2v) is 8.63. The van der Waals surface area contributed by atoms with Gasteiger partial charge in [-0.1, -0.05) is 25.0 Å². The molecule has 162 valence electrons. The van der Waals surface area contributed by atoms with E-state index >= 15 is 0 Å². The number of carbonyl (C=O) groups is 1. The average molecular weight is 422 g/mol. The lowest BCUT2D eigenvalue weighted by molar-refractivity contribution is 0.0460. The summed E-state index contributed by atoms with van der Waals surface area (Å²) in [4.78, 5) is 32.7. The second kappa shape index (κ2) is 8.37. The van der Waals surface area contributed by atoms with E-state index in [-0.39, 0.29) is 11.6 Å². The van der Waals surface area contributed by atoms with Gasteiger partial charge in [0.05, 0.1) is 0 Å². The Balaban J connectivity index is 1.55. The first-order valence-corrected chi connectivity index (χ1v) is 10.5. The smallest absolute Gasteiger partial charge is 0.405 e. The zero-order valence-electron chi connectivity index (χ0n) is 17.8. The van der Waals surface area contributed by atoms with Crippen LogP contribution >= 0.6 is 0 Å². The first kappa shape index (κ1) is 20.8. The van der Waals surface area contributed by atoms with E-state index in [1.807, 2.05) is 42.7 Å². The minimum atomic E-state index is -0.784. The van der Waals surface area contributed by atoms with Crippen LogP contribution in [0.4, 0.5) is 16.4 Å². The number of primary amides is 1. The molecule has 0 radical (unpaired) electrons. The monoisotopic (exact) mass is 421 g/mol. The molecule has 1 saturated carbocycles. The van der Waals surface area contributed by atoms with Gasteiger partial charge in [0.15, 0.2) is 0 Å². The first-order valence-electron chi connectivity index (χ1n) is 10.5. The van der Waals surface area contributed by atoms with Crippen molar-refractivity contribution in [3.8, 4) is 0 Å². The molecule has 1 aliphatic rings. The third-order valence-electron chi connectivity index (χ3n) is 5.57. The third kappa shape index (κ3) is 4.84.